The Morgan fingerprint density at radius 3 is 2.59 bits per heavy atom. The van der Waals surface area contributed by atoms with E-state index in [4.69, 9.17) is 16.1 Å². The second-order valence-electron chi connectivity index (χ2n) is 4.54. The summed E-state index contributed by atoms with van der Waals surface area (Å²) >= 11 is 6.08. The molecule has 1 N–H and O–H groups in total. The molecular weight excluding hydrogens is 302 g/mol. The fourth-order valence-corrected chi connectivity index (χ4v) is 2.15. The summed E-state index contributed by atoms with van der Waals surface area (Å²) in [5.74, 6) is 0.520. The predicted octanol–water partition coefficient (Wildman–Crippen LogP) is 3.32. The van der Waals surface area contributed by atoms with Crippen LogP contribution < -0.4 is 5.32 Å². The van der Waals surface area contributed by atoms with Gasteiger partial charge in [0, 0.05) is 11.1 Å². The first-order valence-electron chi connectivity index (χ1n) is 6.65. The third kappa shape index (κ3) is 3.15. The highest BCUT2D eigenvalue weighted by atomic mass is 35.5. The fraction of sp³-hybridized carbons (Fsp3) is 0.0625. The smallest absolute Gasteiger partial charge is 0.251 e. The van der Waals surface area contributed by atoms with Crippen molar-refractivity contribution in [2.45, 2.75) is 6.54 Å². The van der Waals surface area contributed by atoms with Gasteiger partial charge in [0.1, 0.15) is 0 Å². The van der Waals surface area contributed by atoms with Crippen molar-refractivity contribution in [2.75, 3.05) is 0 Å². The minimum Gasteiger partial charge on any atom is -0.343 e. The van der Waals surface area contributed by atoms with E-state index in [-0.39, 0.29) is 12.5 Å². The van der Waals surface area contributed by atoms with Crippen LogP contribution in [0, 0.1) is 0 Å². The fourth-order valence-electron chi connectivity index (χ4n) is 1.93. The van der Waals surface area contributed by atoms with Crippen molar-refractivity contribution in [3.05, 3.63) is 71.1 Å². The normalized spacial score (nSPS) is 10.4. The molecule has 0 aliphatic rings. The largest absolute Gasteiger partial charge is 0.343 e. The van der Waals surface area contributed by atoms with Crippen LogP contribution in [0.3, 0.4) is 0 Å². The van der Waals surface area contributed by atoms with E-state index in [1.807, 2.05) is 18.2 Å². The zero-order valence-electron chi connectivity index (χ0n) is 11.5. The Bertz CT molecular complexity index is 787. The van der Waals surface area contributed by atoms with Crippen LogP contribution in [-0.2, 0) is 6.54 Å². The molecule has 110 valence electrons. The molecule has 0 radical (unpaired) electrons. The number of rotatable bonds is 4. The third-order valence-corrected chi connectivity index (χ3v) is 3.35. The molecule has 5 nitrogen and oxygen atoms in total. The predicted molar refractivity (Wildman–Crippen MR) is 82.4 cm³/mol. The molecule has 0 atom stereocenters. The molecule has 0 bridgehead atoms. The summed E-state index contributed by atoms with van der Waals surface area (Å²) in [5.41, 5.74) is 1.27. The SMILES string of the molecule is O=C(NCc1nc(-c2ccccc2Cl)no1)c1ccccc1. The van der Waals surface area contributed by atoms with Gasteiger partial charge in [-0.1, -0.05) is 47.1 Å². The van der Waals surface area contributed by atoms with Crippen molar-refractivity contribution >= 4 is 17.5 Å². The lowest BCUT2D eigenvalue weighted by atomic mass is 10.2. The summed E-state index contributed by atoms with van der Waals surface area (Å²) in [6.07, 6.45) is 0. The van der Waals surface area contributed by atoms with E-state index in [1.165, 1.54) is 0 Å². The minimum absolute atomic E-state index is 0.158. The van der Waals surface area contributed by atoms with E-state index in [1.54, 1.807) is 36.4 Å². The molecular formula is C16H12ClN3O2. The number of amides is 1. The summed E-state index contributed by atoms with van der Waals surface area (Å²) in [6, 6.07) is 16.2. The van der Waals surface area contributed by atoms with Crippen molar-refractivity contribution in [3.63, 3.8) is 0 Å². The zero-order chi connectivity index (χ0) is 15.4. The Labute approximate surface area is 131 Å². The van der Waals surface area contributed by atoms with E-state index < -0.39 is 0 Å². The van der Waals surface area contributed by atoms with Gasteiger partial charge in [0.25, 0.3) is 5.91 Å². The molecule has 0 spiro atoms. The molecule has 3 aromatic rings. The van der Waals surface area contributed by atoms with E-state index in [9.17, 15) is 4.79 Å². The summed E-state index contributed by atoms with van der Waals surface area (Å²) in [5, 5.41) is 7.15. The maximum absolute atomic E-state index is 11.9. The number of benzene rings is 2. The molecule has 0 fully saturated rings. The molecule has 3 rings (SSSR count). The summed E-state index contributed by atoms with van der Waals surface area (Å²) in [4.78, 5) is 16.2. The van der Waals surface area contributed by atoms with Crippen molar-refractivity contribution in [2.24, 2.45) is 0 Å². The lowest BCUT2D eigenvalue weighted by molar-refractivity contribution is 0.0946. The van der Waals surface area contributed by atoms with Crippen molar-refractivity contribution < 1.29 is 9.32 Å². The van der Waals surface area contributed by atoms with E-state index in [2.05, 4.69) is 15.5 Å². The molecule has 1 aromatic heterocycles. The number of aromatic nitrogens is 2. The van der Waals surface area contributed by atoms with Crippen molar-refractivity contribution in [1.29, 1.82) is 0 Å². The first-order valence-corrected chi connectivity index (χ1v) is 7.02. The molecule has 0 saturated carbocycles. The number of halogens is 1. The average Bonchev–Trinajstić information content (AvgIpc) is 3.02. The first kappa shape index (κ1) is 14.3. The number of carbonyl (C=O) groups is 1. The second kappa shape index (κ2) is 6.41. The summed E-state index contributed by atoms with van der Waals surface area (Å²) in [6.45, 7) is 0.158. The Morgan fingerprint density at radius 1 is 1.09 bits per heavy atom. The van der Waals surface area contributed by atoms with E-state index in [0.29, 0.717) is 27.9 Å². The van der Waals surface area contributed by atoms with Gasteiger partial charge in [0.2, 0.25) is 11.7 Å². The Kier molecular flexibility index (Phi) is 4.16. The average molecular weight is 314 g/mol. The maximum Gasteiger partial charge on any atom is 0.251 e. The first-order chi connectivity index (χ1) is 10.7. The van der Waals surface area contributed by atoms with Crippen molar-refractivity contribution in [3.8, 4) is 11.4 Å². The van der Waals surface area contributed by atoms with Gasteiger partial charge >= 0.3 is 0 Å². The summed E-state index contributed by atoms with van der Waals surface area (Å²) in [7, 11) is 0. The quantitative estimate of drug-likeness (QED) is 0.802. The van der Waals surface area contributed by atoms with Gasteiger partial charge in [-0.05, 0) is 24.3 Å². The van der Waals surface area contributed by atoms with Crippen LogP contribution >= 0.6 is 11.6 Å². The highest BCUT2D eigenvalue weighted by Gasteiger charge is 2.12. The number of hydrogen-bond acceptors (Lipinski definition) is 4. The lowest BCUT2D eigenvalue weighted by Gasteiger charge is -2.01. The molecule has 0 aliphatic heterocycles. The van der Waals surface area contributed by atoms with Crippen LogP contribution in [0.1, 0.15) is 16.2 Å². The van der Waals surface area contributed by atoms with Gasteiger partial charge in [-0.15, -0.1) is 0 Å². The molecule has 0 aliphatic carbocycles. The van der Waals surface area contributed by atoms with Gasteiger partial charge in [-0.25, -0.2) is 0 Å². The summed E-state index contributed by atoms with van der Waals surface area (Å²) < 4.78 is 5.13. The molecule has 1 amide bonds. The van der Waals surface area contributed by atoms with Crippen LogP contribution in [0.25, 0.3) is 11.4 Å². The number of hydrogen-bond donors (Lipinski definition) is 1. The Hall–Kier alpha value is -2.66. The van der Waals surface area contributed by atoms with Crippen LogP contribution in [0.4, 0.5) is 0 Å². The van der Waals surface area contributed by atoms with Gasteiger partial charge in [0.15, 0.2) is 0 Å². The van der Waals surface area contributed by atoms with Gasteiger partial charge < -0.3 is 9.84 Å². The highest BCUT2D eigenvalue weighted by molar-refractivity contribution is 6.33. The van der Waals surface area contributed by atoms with Gasteiger partial charge in [0.05, 0.1) is 11.6 Å². The minimum atomic E-state index is -0.196. The van der Waals surface area contributed by atoms with Gasteiger partial charge in [-0.3, -0.25) is 4.79 Å². The number of nitrogens with zero attached hydrogens (tertiary/aromatic N) is 2. The molecule has 1 heterocycles. The third-order valence-electron chi connectivity index (χ3n) is 3.02. The van der Waals surface area contributed by atoms with E-state index in [0.717, 1.165) is 0 Å². The lowest BCUT2D eigenvalue weighted by Crippen LogP contribution is -2.22. The second-order valence-corrected chi connectivity index (χ2v) is 4.95. The maximum atomic E-state index is 11.9. The molecule has 0 unspecified atom stereocenters. The van der Waals surface area contributed by atoms with Gasteiger partial charge in [-0.2, -0.15) is 4.98 Å². The van der Waals surface area contributed by atoms with Crippen molar-refractivity contribution in [1.82, 2.24) is 15.5 Å². The standard InChI is InChI=1S/C16H12ClN3O2/c17-13-9-5-4-8-12(13)15-19-14(22-20-15)10-18-16(21)11-6-2-1-3-7-11/h1-9H,10H2,(H,18,21). The van der Waals surface area contributed by atoms with Crippen LogP contribution in [0.5, 0.6) is 0 Å². The molecule has 22 heavy (non-hydrogen) atoms. The monoisotopic (exact) mass is 313 g/mol. The Balaban J connectivity index is 1.68. The topological polar surface area (TPSA) is 68.0 Å². The Morgan fingerprint density at radius 2 is 1.82 bits per heavy atom. The zero-order valence-corrected chi connectivity index (χ0v) is 12.2. The van der Waals surface area contributed by atoms with E-state index >= 15 is 0 Å². The molecule has 6 heteroatoms. The highest BCUT2D eigenvalue weighted by Crippen LogP contribution is 2.24. The number of nitrogens with one attached hydrogen (secondary N) is 1. The van der Waals surface area contributed by atoms with Crippen LogP contribution in [-0.4, -0.2) is 16.0 Å². The van der Waals surface area contributed by atoms with Crippen LogP contribution in [0.2, 0.25) is 5.02 Å². The van der Waals surface area contributed by atoms with Crippen LogP contribution in [0.15, 0.2) is 59.1 Å². The molecule has 2 aromatic carbocycles. The molecule has 0 saturated heterocycles. The number of carbonyl (C=O) groups excluding carboxylic acids is 1.